The lowest BCUT2D eigenvalue weighted by Crippen LogP contribution is -2.10. The second kappa shape index (κ2) is 7.86. The molecule has 3 rings (SSSR count). The van der Waals surface area contributed by atoms with E-state index in [1.807, 2.05) is 6.07 Å². The summed E-state index contributed by atoms with van der Waals surface area (Å²) >= 11 is 0. The summed E-state index contributed by atoms with van der Waals surface area (Å²) in [4.78, 5) is 11.9. The Kier molecular flexibility index (Phi) is 5.35. The van der Waals surface area contributed by atoms with E-state index in [1.165, 1.54) is 23.7 Å². The summed E-state index contributed by atoms with van der Waals surface area (Å²) in [6.07, 6.45) is 0. The van der Waals surface area contributed by atoms with Gasteiger partial charge in [0.25, 0.3) is 0 Å². The van der Waals surface area contributed by atoms with Crippen LogP contribution in [0, 0.1) is 5.82 Å². The fourth-order valence-electron chi connectivity index (χ4n) is 2.64. The highest BCUT2D eigenvalue weighted by Crippen LogP contribution is 2.26. The fraction of sp³-hybridized carbons (Fsp3) is 0.211. The van der Waals surface area contributed by atoms with Crippen molar-refractivity contribution in [2.24, 2.45) is 0 Å². The van der Waals surface area contributed by atoms with Gasteiger partial charge >= 0.3 is 0 Å². The topological polar surface area (TPSA) is 78.3 Å². The van der Waals surface area contributed by atoms with Crippen LogP contribution in [0.3, 0.4) is 0 Å². The molecule has 0 aliphatic carbocycles. The number of carbonyl (C=O) groups excluding carboxylic acids is 1. The first-order chi connectivity index (χ1) is 13.0. The number of Topliss-reactive ketones (excluding diaryl/α,β-unsaturated/α-hetero) is 1. The molecule has 1 heterocycles. The number of rotatable bonds is 7. The summed E-state index contributed by atoms with van der Waals surface area (Å²) < 4.78 is 25.3. The SMILES string of the molecule is COc1ccc(OC)c(CNc2c(C(C)=O)nnn2-c2ccc(F)cc2)c1. The average Bonchev–Trinajstić information content (AvgIpc) is 3.10. The van der Waals surface area contributed by atoms with Gasteiger partial charge in [0.1, 0.15) is 17.3 Å². The van der Waals surface area contributed by atoms with Crippen LogP contribution in [-0.4, -0.2) is 35.0 Å². The minimum Gasteiger partial charge on any atom is -0.497 e. The van der Waals surface area contributed by atoms with Crippen LogP contribution < -0.4 is 14.8 Å². The molecule has 0 atom stereocenters. The van der Waals surface area contributed by atoms with Crippen molar-refractivity contribution in [3.05, 3.63) is 59.5 Å². The fourth-order valence-corrected chi connectivity index (χ4v) is 2.64. The summed E-state index contributed by atoms with van der Waals surface area (Å²) in [5.41, 5.74) is 1.61. The third kappa shape index (κ3) is 3.89. The maximum absolute atomic E-state index is 13.2. The lowest BCUT2D eigenvalue weighted by atomic mass is 10.2. The highest BCUT2D eigenvalue weighted by Gasteiger charge is 2.18. The number of hydrogen-bond acceptors (Lipinski definition) is 6. The predicted octanol–water partition coefficient (Wildman–Crippen LogP) is 3.24. The van der Waals surface area contributed by atoms with E-state index in [-0.39, 0.29) is 17.3 Å². The lowest BCUT2D eigenvalue weighted by Gasteiger charge is -2.13. The molecule has 140 valence electrons. The lowest BCUT2D eigenvalue weighted by molar-refractivity contribution is 0.101. The summed E-state index contributed by atoms with van der Waals surface area (Å²) in [6, 6.07) is 11.2. The van der Waals surface area contributed by atoms with Crippen LogP contribution in [0.1, 0.15) is 23.0 Å². The Morgan fingerprint density at radius 1 is 1.15 bits per heavy atom. The quantitative estimate of drug-likeness (QED) is 0.644. The van der Waals surface area contributed by atoms with Crippen molar-refractivity contribution in [2.45, 2.75) is 13.5 Å². The van der Waals surface area contributed by atoms with Gasteiger partial charge in [-0.1, -0.05) is 5.21 Å². The minimum absolute atomic E-state index is 0.196. The molecule has 0 spiro atoms. The number of nitrogens with zero attached hydrogens (tertiary/aromatic N) is 3. The van der Waals surface area contributed by atoms with Crippen molar-refractivity contribution in [3.8, 4) is 17.2 Å². The van der Waals surface area contributed by atoms with E-state index < -0.39 is 0 Å². The molecule has 3 aromatic rings. The molecule has 2 aromatic carbocycles. The smallest absolute Gasteiger partial charge is 0.183 e. The third-order valence-corrected chi connectivity index (χ3v) is 4.01. The summed E-state index contributed by atoms with van der Waals surface area (Å²) in [7, 11) is 3.16. The van der Waals surface area contributed by atoms with Crippen LogP contribution in [0.4, 0.5) is 10.2 Å². The van der Waals surface area contributed by atoms with Gasteiger partial charge < -0.3 is 14.8 Å². The molecule has 1 N–H and O–H groups in total. The number of halogens is 1. The standard InChI is InChI=1S/C19H19FN4O3/c1-12(25)18-19(24(23-22-18)15-6-4-14(20)5-7-15)21-11-13-10-16(26-2)8-9-17(13)27-3/h4-10,21H,11H2,1-3H3. The first-order valence-electron chi connectivity index (χ1n) is 8.21. The number of aromatic nitrogens is 3. The highest BCUT2D eigenvalue weighted by molar-refractivity contribution is 5.96. The molecular formula is C19H19FN4O3. The molecule has 1 aromatic heterocycles. The molecule has 0 aliphatic rings. The first-order valence-corrected chi connectivity index (χ1v) is 8.21. The molecule has 7 nitrogen and oxygen atoms in total. The largest absolute Gasteiger partial charge is 0.497 e. The number of anilines is 1. The molecule has 0 saturated carbocycles. The van der Waals surface area contributed by atoms with Crippen molar-refractivity contribution in [1.82, 2.24) is 15.0 Å². The molecule has 0 amide bonds. The molecule has 0 bridgehead atoms. The zero-order valence-electron chi connectivity index (χ0n) is 15.2. The Balaban J connectivity index is 1.95. The van der Waals surface area contributed by atoms with Gasteiger partial charge in [-0.3, -0.25) is 4.79 Å². The molecule has 8 heteroatoms. The van der Waals surface area contributed by atoms with E-state index in [0.717, 1.165) is 5.56 Å². The van der Waals surface area contributed by atoms with Crippen LogP contribution in [0.5, 0.6) is 11.5 Å². The first kappa shape index (κ1) is 18.4. The van der Waals surface area contributed by atoms with E-state index in [4.69, 9.17) is 9.47 Å². The Morgan fingerprint density at radius 3 is 2.52 bits per heavy atom. The Hall–Kier alpha value is -3.42. The van der Waals surface area contributed by atoms with Crippen LogP contribution in [-0.2, 0) is 6.54 Å². The van der Waals surface area contributed by atoms with Crippen molar-refractivity contribution in [1.29, 1.82) is 0 Å². The van der Waals surface area contributed by atoms with Gasteiger partial charge in [-0.2, -0.15) is 4.68 Å². The zero-order chi connectivity index (χ0) is 19.4. The normalized spacial score (nSPS) is 10.5. The summed E-state index contributed by atoms with van der Waals surface area (Å²) in [6.45, 7) is 1.76. The zero-order valence-corrected chi connectivity index (χ0v) is 15.2. The molecule has 0 aliphatic heterocycles. The van der Waals surface area contributed by atoms with Gasteiger partial charge in [-0.15, -0.1) is 5.10 Å². The van der Waals surface area contributed by atoms with E-state index in [2.05, 4.69) is 15.6 Å². The van der Waals surface area contributed by atoms with E-state index in [9.17, 15) is 9.18 Å². The Bertz CT molecular complexity index is 954. The van der Waals surface area contributed by atoms with Crippen molar-refractivity contribution >= 4 is 11.6 Å². The summed E-state index contributed by atoms with van der Waals surface area (Å²) in [5, 5.41) is 11.2. The number of ether oxygens (including phenoxy) is 2. The van der Waals surface area contributed by atoms with Gasteiger partial charge in [0.2, 0.25) is 0 Å². The maximum Gasteiger partial charge on any atom is 0.183 e. The number of nitrogens with one attached hydrogen (secondary N) is 1. The molecule has 0 radical (unpaired) electrons. The molecule has 0 unspecified atom stereocenters. The van der Waals surface area contributed by atoms with Gasteiger partial charge in [0.15, 0.2) is 17.3 Å². The van der Waals surface area contributed by atoms with Crippen LogP contribution in [0.2, 0.25) is 0 Å². The maximum atomic E-state index is 13.2. The monoisotopic (exact) mass is 370 g/mol. The van der Waals surface area contributed by atoms with E-state index >= 15 is 0 Å². The average molecular weight is 370 g/mol. The number of benzene rings is 2. The number of carbonyl (C=O) groups is 1. The Labute approximate surface area is 155 Å². The van der Waals surface area contributed by atoms with Crippen LogP contribution in [0.25, 0.3) is 5.69 Å². The van der Waals surface area contributed by atoms with Gasteiger partial charge in [-0.05, 0) is 42.5 Å². The van der Waals surface area contributed by atoms with Crippen molar-refractivity contribution in [3.63, 3.8) is 0 Å². The van der Waals surface area contributed by atoms with Gasteiger partial charge in [0, 0.05) is 19.0 Å². The van der Waals surface area contributed by atoms with E-state index in [1.54, 1.807) is 38.5 Å². The number of hydrogen-bond donors (Lipinski definition) is 1. The second-order valence-corrected chi connectivity index (χ2v) is 5.76. The number of ketones is 1. The molecule has 27 heavy (non-hydrogen) atoms. The van der Waals surface area contributed by atoms with Crippen LogP contribution >= 0.6 is 0 Å². The third-order valence-electron chi connectivity index (χ3n) is 4.01. The van der Waals surface area contributed by atoms with Gasteiger partial charge in [-0.25, -0.2) is 4.39 Å². The predicted molar refractivity (Wildman–Crippen MR) is 98.2 cm³/mol. The highest BCUT2D eigenvalue weighted by atomic mass is 19.1. The summed E-state index contributed by atoms with van der Waals surface area (Å²) in [5.74, 6) is 1.18. The van der Waals surface area contributed by atoms with Crippen molar-refractivity contribution < 1.29 is 18.7 Å². The Morgan fingerprint density at radius 2 is 1.89 bits per heavy atom. The minimum atomic E-state index is -0.360. The van der Waals surface area contributed by atoms with Crippen LogP contribution in [0.15, 0.2) is 42.5 Å². The van der Waals surface area contributed by atoms with Gasteiger partial charge in [0.05, 0.1) is 19.9 Å². The second-order valence-electron chi connectivity index (χ2n) is 5.76. The number of methoxy groups -OCH3 is 2. The molecule has 0 saturated heterocycles. The molecular weight excluding hydrogens is 351 g/mol. The van der Waals surface area contributed by atoms with Crippen molar-refractivity contribution in [2.75, 3.05) is 19.5 Å². The van der Waals surface area contributed by atoms with E-state index in [0.29, 0.717) is 29.5 Å². The molecule has 0 fully saturated rings.